The van der Waals surface area contributed by atoms with Crippen LogP contribution < -0.4 is 10.6 Å². The molecule has 0 saturated heterocycles. The first kappa shape index (κ1) is 49.0. The maximum absolute atomic E-state index is 12.8. The molecule has 1 saturated carbocycles. The van der Waals surface area contributed by atoms with Gasteiger partial charge in [0.25, 0.3) is 0 Å². The standard InChI is InChI=1S/C42H60N4O10/c1-5-9-31-53-39(49)21-27-45(28-22-40(50)54-32-10-6-2)25-13-15-37(47)43-35-17-19-36(20-18-35)44-38(48)16-14-26-46(29-23-41(51)55-33-11-7-3)30-24-42(52)56-34-12-8-4/h1-4,35-36H,9-34H2,(H,43,47)(H,44,48). The van der Waals surface area contributed by atoms with Crippen molar-refractivity contribution in [3.63, 3.8) is 0 Å². The van der Waals surface area contributed by atoms with Crippen LogP contribution in [0.15, 0.2) is 0 Å². The Morgan fingerprint density at radius 2 is 0.714 bits per heavy atom. The Bertz CT molecular complexity index is 1210. The van der Waals surface area contributed by atoms with E-state index in [1.54, 1.807) is 0 Å². The van der Waals surface area contributed by atoms with Gasteiger partial charge in [0.15, 0.2) is 0 Å². The Hall–Kier alpha value is -5.02. The molecule has 1 rings (SSSR count). The average molecular weight is 781 g/mol. The quantitative estimate of drug-likeness (QED) is 0.0474. The number of esters is 4. The van der Waals surface area contributed by atoms with Crippen LogP contribution in [0.5, 0.6) is 0 Å². The molecule has 14 nitrogen and oxygen atoms in total. The van der Waals surface area contributed by atoms with Crippen LogP contribution in [0.2, 0.25) is 0 Å². The van der Waals surface area contributed by atoms with Crippen molar-refractivity contribution in [1.82, 2.24) is 20.4 Å². The molecule has 56 heavy (non-hydrogen) atoms. The van der Waals surface area contributed by atoms with Gasteiger partial charge in [0.1, 0.15) is 26.4 Å². The molecule has 0 atom stereocenters. The van der Waals surface area contributed by atoms with Crippen molar-refractivity contribution in [1.29, 1.82) is 0 Å². The Morgan fingerprint density at radius 3 is 0.964 bits per heavy atom. The summed E-state index contributed by atoms with van der Waals surface area (Å²) in [5.41, 5.74) is 0. The number of hydrogen-bond donors (Lipinski definition) is 2. The summed E-state index contributed by atoms with van der Waals surface area (Å²) >= 11 is 0. The third-order valence-electron chi connectivity index (χ3n) is 8.78. The topological polar surface area (TPSA) is 170 Å². The SMILES string of the molecule is C#CCCOC(=O)CCN(CCCC(=O)NC1CCC(NC(=O)CCCN(CCC(=O)OCCC#C)CCC(=O)OCCC#C)CC1)CCC(=O)OCCC#C. The first-order valence-electron chi connectivity index (χ1n) is 19.5. The van der Waals surface area contributed by atoms with Crippen molar-refractivity contribution in [2.45, 2.75) is 115 Å². The van der Waals surface area contributed by atoms with Crippen LogP contribution in [-0.2, 0) is 47.7 Å². The number of rotatable bonds is 30. The van der Waals surface area contributed by atoms with Crippen molar-refractivity contribution in [3.8, 4) is 49.4 Å². The molecule has 2 amide bonds. The number of nitrogens with one attached hydrogen (secondary N) is 2. The van der Waals surface area contributed by atoms with Crippen LogP contribution in [-0.4, -0.2) is 123 Å². The summed E-state index contributed by atoms with van der Waals surface area (Å²) in [5, 5.41) is 6.20. The van der Waals surface area contributed by atoms with E-state index in [1.165, 1.54) is 0 Å². The van der Waals surface area contributed by atoms with Gasteiger partial charge in [0.05, 0.1) is 25.7 Å². The highest BCUT2D eigenvalue weighted by Gasteiger charge is 2.24. The number of nitrogens with zero attached hydrogens (tertiary/aromatic N) is 2. The maximum Gasteiger partial charge on any atom is 0.307 e. The monoisotopic (exact) mass is 780 g/mol. The number of hydrogen-bond acceptors (Lipinski definition) is 12. The summed E-state index contributed by atoms with van der Waals surface area (Å²) in [5.74, 6) is 7.97. The Kier molecular flexibility index (Phi) is 28.2. The van der Waals surface area contributed by atoms with E-state index < -0.39 is 0 Å². The highest BCUT2D eigenvalue weighted by molar-refractivity contribution is 5.77. The Balaban J connectivity index is 2.45. The van der Waals surface area contributed by atoms with E-state index in [-0.39, 0.29) is 113 Å². The molecule has 0 aliphatic heterocycles. The zero-order valence-electron chi connectivity index (χ0n) is 32.8. The summed E-state index contributed by atoms with van der Waals surface area (Å²) < 4.78 is 20.5. The highest BCUT2D eigenvalue weighted by Crippen LogP contribution is 2.19. The van der Waals surface area contributed by atoms with E-state index in [9.17, 15) is 28.8 Å². The number of carbonyl (C=O) groups is 6. The molecule has 0 spiro atoms. The van der Waals surface area contributed by atoms with Crippen LogP contribution >= 0.6 is 0 Å². The molecule has 0 radical (unpaired) electrons. The number of terminal acetylenes is 4. The van der Waals surface area contributed by atoms with Gasteiger partial charge in [-0.05, 0) is 51.6 Å². The van der Waals surface area contributed by atoms with Crippen molar-refractivity contribution in [3.05, 3.63) is 0 Å². The lowest BCUT2D eigenvalue weighted by Gasteiger charge is -2.30. The fourth-order valence-electron chi connectivity index (χ4n) is 5.76. The van der Waals surface area contributed by atoms with Gasteiger partial charge >= 0.3 is 23.9 Å². The van der Waals surface area contributed by atoms with Gasteiger partial charge in [-0.25, -0.2) is 0 Å². The normalized spacial score (nSPS) is 14.6. The van der Waals surface area contributed by atoms with Crippen molar-refractivity contribution in [2.24, 2.45) is 0 Å². The van der Waals surface area contributed by atoms with E-state index in [2.05, 4.69) is 34.3 Å². The molecule has 0 aromatic carbocycles. The predicted molar refractivity (Wildman–Crippen MR) is 210 cm³/mol. The first-order chi connectivity index (χ1) is 27.1. The predicted octanol–water partition coefficient (Wildman–Crippen LogP) is 2.52. The minimum Gasteiger partial charge on any atom is -0.465 e. The van der Waals surface area contributed by atoms with Gasteiger partial charge in [-0.15, -0.1) is 49.4 Å². The van der Waals surface area contributed by atoms with Crippen molar-refractivity contribution < 1.29 is 47.7 Å². The first-order valence-corrected chi connectivity index (χ1v) is 19.5. The molecular formula is C42H60N4O10. The van der Waals surface area contributed by atoms with Crippen LogP contribution in [0.1, 0.15) is 103 Å². The van der Waals surface area contributed by atoms with Crippen molar-refractivity contribution in [2.75, 3.05) is 65.7 Å². The lowest BCUT2D eigenvalue weighted by molar-refractivity contribution is -0.145. The molecule has 2 N–H and O–H groups in total. The molecule has 0 heterocycles. The van der Waals surface area contributed by atoms with Gasteiger partial charge in [-0.3, -0.25) is 28.8 Å². The zero-order chi connectivity index (χ0) is 41.2. The smallest absolute Gasteiger partial charge is 0.307 e. The molecule has 1 aliphatic carbocycles. The molecule has 0 aromatic rings. The zero-order valence-corrected chi connectivity index (χ0v) is 32.8. The lowest BCUT2D eigenvalue weighted by atomic mass is 9.91. The number of amides is 2. The minimum absolute atomic E-state index is 0.00685. The van der Waals surface area contributed by atoms with Gasteiger partial charge in [-0.1, -0.05) is 0 Å². The van der Waals surface area contributed by atoms with Crippen molar-refractivity contribution >= 4 is 35.7 Å². The fraction of sp³-hybridized carbons (Fsp3) is 0.667. The third kappa shape index (κ3) is 26.7. The van der Waals surface area contributed by atoms with Gasteiger partial charge in [-0.2, -0.15) is 0 Å². The van der Waals surface area contributed by atoms with E-state index in [0.29, 0.717) is 77.8 Å². The molecule has 0 aromatic heterocycles. The fourth-order valence-corrected chi connectivity index (χ4v) is 5.76. The molecule has 1 aliphatic rings. The summed E-state index contributed by atoms with van der Waals surface area (Å²) in [6, 6.07) is 0.0137. The lowest BCUT2D eigenvalue weighted by Crippen LogP contribution is -2.44. The summed E-state index contributed by atoms with van der Waals surface area (Å²) in [6.45, 7) is 3.04. The Morgan fingerprint density at radius 1 is 0.446 bits per heavy atom. The van der Waals surface area contributed by atoms with Gasteiger partial charge in [0.2, 0.25) is 11.8 Å². The van der Waals surface area contributed by atoms with Crippen LogP contribution in [0.4, 0.5) is 0 Å². The molecule has 1 fully saturated rings. The number of ether oxygens (including phenoxy) is 4. The summed E-state index contributed by atoms with van der Waals surface area (Å²) in [6.07, 6.45) is 27.2. The second kappa shape index (κ2) is 32.2. The molecule has 308 valence electrons. The second-order valence-corrected chi connectivity index (χ2v) is 13.3. The molecule has 14 heteroatoms. The molecule has 0 unspecified atom stereocenters. The van der Waals surface area contributed by atoms with E-state index in [4.69, 9.17) is 44.6 Å². The van der Waals surface area contributed by atoms with E-state index >= 15 is 0 Å². The summed E-state index contributed by atoms with van der Waals surface area (Å²) in [4.78, 5) is 77.8. The van der Waals surface area contributed by atoms with Gasteiger partial charge < -0.3 is 39.4 Å². The van der Waals surface area contributed by atoms with Crippen LogP contribution in [0.3, 0.4) is 0 Å². The van der Waals surface area contributed by atoms with Crippen LogP contribution in [0.25, 0.3) is 0 Å². The summed E-state index contributed by atoms with van der Waals surface area (Å²) in [7, 11) is 0. The van der Waals surface area contributed by atoms with E-state index in [0.717, 1.165) is 25.7 Å². The third-order valence-corrected chi connectivity index (χ3v) is 8.78. The highest BCUT2D eigenvalue weighted by atomic mass is 16.5. The molecule has 0 bridgehead atoms. The largest absolute Gasteiger partial charge is 0.465 e. The van der Waals surface area contributed by atoms with E-state index in [1.807, 2.05) is 9.80 Å². The minimum atomic E-state index is -0.383. The maximum atomic E-state index is 12.8. The van der Waals surface area contributed by atoms with Gasteiger partial charge in [0, 0.05) is 76.8 Å². The van der Waals surface area contributed by atoms with Crippen LogP contribution in [0, 0.1) is 49.4 Å². The average Bonchev–Trinajstić information content (AvgIpc) is 3.17. The number of carbonyl (C=O) groups excluding carboxylic acids is 6. The Labute approximate surface area is 333 Å². The molecular weight excluding hydrogens is 720 g/mol. The second-order valence-electron chi connectivity index (χ2n) is 13.3.